The van der Waals surface area contributed by atoms with Crippen LogP contribution in [0.5, 0.6) is 0 Å². The molecular formula is C20H24F3N. The molecule has 4 heteroatoms. The molecule has 2 unspecified atom stereocenters. The van der Waals surface area contributed by atoms with Crippen LogP contribution in [0.15, 0.2) is 66.3 Å². The third kappa shape index (κ3) is 4.60. The quantitative estimate of drug-likeness (QED) is 0.699. The number of benzene rings is 1. The van der Waals surface area contributed by atoms with Crippen LogP contribution in [-0.2, 0) is 0 Å². The Labute approximate surface area is 142 Å². The smallest absolute Gasteiger partial charge is 0.313 e. The normalized spacial score (nSPS) is 19.1. The van der Waals surface area contributed by atoms with Crippen LogP contribution in [0.25, 0.3) is 0 Å². The van der Waals surface area contributed by atoms with E-state index < -0.39 is 11.6 Å². The van der Waals surface area contributed by atoms with Crippen molar-refractivity contribution >= 4 is 0 Å². The fraction of sp³-hybridized carbons (Fsp3) is 0.400. The fourth-order valence-electron chi connectivity index (χ4n) is 2.81. The lowest BCUT2D eigenvalue weighted by molar-refractivity contribution is -0.203. The summed E-state index contributed by atoms with van der Waals surface area (Å²) >= 11 is 0. The SMILES string of the molecule is CNC(CC(C)(/C=C/C1=CCCC=C1)C(F)(F)F)c1ccccc1. The molecule has 2 atom stereocenters. The van der Waals surface area contributed by atoms with E-state index in [4.69, 9.17) is 0 Å². The molecule has 1 aliphatic carbocycles. The third-order valence-electron chi connectivity index (χ3n) is 4.49. The van der Waals surface area contributed by atoms with Gasteiger partial charge in [-0.15, -0.1) is 0 Å². The minimum Gasteiger partial charge on any atom is -0.313 e. The number of allylic oxidation sites excluding steroid dienone is 6. The molecule has 0 radical (unpaired) electrons. The van der Waals surface area contributed by atoms with Gasteiger partial charge in [0.2, 0.25) is 0 Å². The van der Waals surface area contributed by atoms with E-state index in [1.54, 1.807) is 13.1 Å². The first kappa shape index (κ1) is 18.5. The highest BCUT2D eigenvalue weighted by Gasteiger charge is 2.50. The number of nitrogens with one attached hydrogen (secondary N) is 1. The van der Waals surface area contributed by atoms with Crippen LogP contribution in [0.3, 0.4) is 0 Å². The highest BCUT2D eigenvalue weighted by Crippen LogP contribution is 2.45. The van der Waals surface area contributed by atoms with E-state index in [0.717, 1.165) is 24.0 Å². The number of hydrogen-bond donors (Lipinski definition) is 1. The minimum atomic E-state index is -4.31. The van der Waals surface area contributed by atoms with Crippen LogP contribution in [0.1, 0.15) is 37.8 Å². The summed E-state index contributed by atoms with van der Waals surface area (Å²) in [5.41, 5.74) is -0.194. The number of hydrogen-bond acceptors (Lipinski definition) is 1. The maximum absolute atomic E-state index is 13.8. The van der Waals surface area contributed by atoms with Crippen LogP contribution in [0.2, 0.25) is 0 Å². The van der Waals surface area contributed by atoms with E-state index in [0.29, 0.717) is 0 Å². The van der Waals surface area contributed by atoms with Crippen molar-refractivity contribution in [2.45, 2.75) is 38.4 Å². The van der Waals surface area contributed by atoms with Gasteiger partial charge in [-0.1, -0.05) is 60.7 Å². The predicted octanol–water partition coefficient (Wildman–Crippen LogP) is 5.74. The van der Waals surface area contributed by atoms with Gasteiger partial charge in [-0.05, 0) is 44.4 Å². The van der Waals surface area contributed by atoms with Crippen molar-refractivity contribution in [2.75, 3.05) is 7.05 Å². The average molecular weight is 335 g/mol. The first-order valence-corrected chi connectivity index (χ1v) is 8.20. The zero-order chi connectivity index (χ0) is 17.6. The van der Waals surface area contributed by atoms with E-state index in [1.807, 2.05) is 48.6 Å². The van der Waals surface area contributed by atoms with Crippen molar-refractivity contribution in [1.82, 2.24) is 5.32 Å². The second kappa shape index (κ2) is 7.84. The fourth-order valence-corrected chi connectivity index (χ4v) is 2.81. The summed E-state index contributed by atoms with van der Waals surface area (Å²) in [4.78, 5) is 0. The first-order chi connectivity index (χ1) is 11.4. The summed E-state index contributed by atoms with van der Waals surface area (Å²) in [6.07, 6.45) is 6.21. The molecule has 2 rings (SSSR count). The van der Waals surface area contributed by atoms with Gasteiger partial charge >= 0.3 is 6.18 Å². The second-order valence-corrected chi connectivity index (χ2v) is 6.39. The maximum Gasteiger partial charge on any atom is 0.397 e. The van der Waals surface area contributed by atoms with Crippen LogP contribution >= 0.6 is 0 Å². The summed E-state index contributed by atoms with van der Waals surface area (Å²) in [7, 11) is 1.70. The maximum atomic E-state index is 13.8. The lowest BCUT2D eigenvalue weighted by Gasteiger charge is -2.33. The van der Waals surface area contributed by atoms with Gasteiger partial charge in [0, 0.05) is 6.04 Å². The van der Waals surface area contributed by atoms with Gasteiger partial charge in [0.15, 0.2) is 0 Å². The molecule has 0 fully saturated rings. The molecule has 24 heavy (non-hydrogen) atoms. The van der Waals surface area contributed by atoms with Crippen LogP contribution in [-0.4, -0.2) is 13.2 Å². The lowest BCUT2D eigenvalue weighted by atomic mass is 9.80. The van der Waals surface area contributed by atoms with Crippen molar-refractivity contribution in [3.05, 3.63) is 71.8 Å². The number of rotatable bonds is 6. The molecule has 0 saturated heterocycles. The lowest BCUT2D eigenvalue weighted by Crippen LogP contribution is -2.37. The van der Waals surface area contributed by atoms with Crippen LogP contribution < -0.4 is 5.32 Å². The highest BCUT2D eigenvalue weighted by molar-refractivity contribution is 5.34. The van der Waals surface area contributed by atoms with E-state index in [2.05, 4.69) is 5.32 Å². The second-order valence-electron chi connectivity index (χ2n) is 6.39. The van der Waals surface area contributed by atoms with E-state index in [9.17, 15) is 13.2 Å². The Morgan fingerprint density at radius 1 is 1.17 bits per heavy atom. The van der Waals surface area contributed by atoms with E-state index in [1.165, 1.54) is 13.0 Å². The molecular weight excluding hydrogens is 311 g/mol. The summed E-state index contributed by atoms with van der Waals surface area (Å²) < 4.78 is 41.3. The van der Waals surface area contributed by atoms with Gasteiger partial charge in [0.1, 0.15) is 0 Å². The molecule has 1 aliphatic rings. The molecule has 0 aromatic heterocycles. The molecule has 0 heterocycles. The largest absolute Gasteiger partial charge is 0.397 e. The monoisotopic (exact) mass is 335 g/mol. The Bertz CT molecular complexity index is 614. The number of alkyl halides is 3. The van der Waals surface area contributed by atoms with Gasteiger partial charge in [-0.3, -0.25) is 0 Å². The highest BCUT2D eigenvalue weighted by atomic mass is 19.4. The molecule has 1 aromatic carbocycles. The Kier molecular flexibility index (Phi) is 6.05. The molecule has 130 valence electrons. The van der Waals surface area contributed by atoms with Gasteiger partial charge in [-0.2, -0.15) is 13.2 Å². The first-order valence-electron chi connectivity index (χ1n) is 8.20. The molecule has 1 nitrogen and oxygen atoms in total. The zero-order valence-corrected chi connectivity index (χ0v) is 14.1. The van der Waals surface area contributed by atoms with Crippen molar-refractivity contribution in [2.24, 2.45) is 5.41 Å². The summed E-state index contributed by atoms with van der Waals surface area (Å²) in [6, 6.07) is 8.90. The van der Waals surface area contributed by atoms with Crippen molar-refractivity contribution in [3.63, 3.8) is 0 Å². The Morgan fingerprint density at radius 2 is 1.88 bits per heavy atom. The van der Waals surface area contributed by atoms with Gasteiger partial charge in [0.25, 0.3) is 0 Å². The Hall–Kier alpha value is -1.81. The Balaban J connectivity index is 2.25. The minimum absolute atomic E-state index is 0.0511. The molecule has 0 spiro atoms. The van der Waals surface area contributed by atoms with Crippen molar-refractivity contribution in [1.29, 1.82) is 0 Å². The van der Waals surface area contributed by atoms with E-state index >= 15 is 0 Å². The van der Waals surface area contributed by atoms with Crippen molar-refractivity contribution in [3.8, 4) is 0 Å². The molecule has 0 bridgehead atoms. The molecule has 0 aliphatic heterocycles. The summed E-state index contributed by atoms with van der Waals surface area (Å²) in [5.74, 6) is 0. The number of halogens is 3. The molecule has 1 aromatic rings. The standard InChI is InChI=1S/C20H24F3N/c1-19(20(21,22)23,14-13-16-9-5-3-6-10-16)15-18(24-2)17-11-7-4-8-12-17/h4-5,7-14,18,24H,3,6,15H2,1-2H3/b14-13+. The zero-order valence-electron chi connectivity index (χ0n) is 14.1. The summed E-state index contributed by atoms with van der Waals surface area (Å²) in [6.45, 7) is 1.27. The van der Waals surface area contributed by atoms with Gasteiger partial charge in [-0.25, -0.2) is 0 Å². The van der Waals surface area contributed by atoms with Crippen LogP contribution in [0, 0.1) is 5.41 Å². The van der Waals surface area contributed by atoms with Gasteiger partial charge in [0.05, 0.1) is 5.41 Å². The topological polar surface area (TPSA) is 12.0 Å². The molecule has 0 saturated carbocycles. The molecule has 0 amide bonds. The molecule has 1 N–H and O–H groups in total. The van der Waals surface area contributed by atoms with Gasteiger partial charge < -0.3 is 5.32 Å². The Morgan fingerprint density at radius 3 is 2.42 bits per heavy atom. The average Bonchev–Trinajstić information content (AvgIpc) is 2.58. The summed E-state index contributed by atoms with van der Waals surface area (Å²) in [5, 5.41) is 3.02. The van der Waals surface area contributed by atoms with E-state index in [-0.39, 0.29) is 12.5 Å². The van der Waals surface area contributed by atoms with Crippen molar-refractivity contribution < 1.29 is 13.2 Å². The predicted molar refractivity (Wildman–Crippen MR) is 92.6 cm³/mol. The third-order valence-corrected chi connectivity index (χ3v) is 4.49. The van der Waals surface area contributed by atoms with Crippen LogP contribution in [0.4, 0.5) is 13.2 Å².